The molecule has 2 aromatic heterocycles. The van der Waals surface area contributed by atoms with Crippen molar-refractivity contribution in [3.05, 3.63) is 24.2 Å². The van der Waals surface area contributed by atoms with Crippen LogP contribution in [0.5, 0.6) is 0 Å². The minimum atomic E-state index is -0.524. The molecule has 0 bridgehead atoms. The molecule has 17 heavy (non-hydrogen) atoms. The normalized spacial score (nSPS) is 10.2. The van der Waals surface area contributed by atoms with Crippen molar-refractivity contribution in [1.82, 2.24) is 15.1 Å². The molecular weight excluding hydrogens is 228 g/mol. The fourth-order valence-corrected chi connectivity index (χ4v) is 1.08. The number of carbonyl (C=O) groups excluding carboxylic acids is 1. The molecule has 0 saturated carbocycles. The number of anilines is 1. The van der Waals surface area contributed by atoms with Crippen molar-refractivity contribution in [3.8, 4) is 0 Å². The Morgan fingerprint density at radius 3 is 3.18 bits per heavy atom. The molecule has 1 N–H and O–H groups in total. The van der Waals surface area contributed by atoms with Gasteiger partial charge in [-0.25, -0.2) is 4.79 Å². The summed E-state index contributed by atoms with van der Waals surface area (Å²) in [5, 5.41) is 6.39. The Hall–Kier alpha value is -2.38. The Kier molecular flexibility index (Phi) is 3.34. The molecular formula is C9H10N4O4. The third kappa shape index (κ3) is 2.80. The van der Waals surface area contributed by atoms with Crippen molar-refractivity contribution in [3.63, 3.8) is 0 Å². The van der Waals surface area contributed by atoms with E-state index in [0.29, 0.717) is 12.4 Å². The summed E-state index contributed by atoms with van der Waals surface area (Å²) < 4.78 is 14.3. The standard InChI is InChI=1S/C9H10N4O4/c1-2-15-8(14)6-4-16-9(12-6)10-3-7-11-5-17-13-7/h4-5H,2-3H2,1H3,(H,10,12). The first-order valence-corrected chi connectivity index (χ1v) is 4.91. The van der Waals surface area contributed by atoms with Crippen LogP contribution >= 0.6 is 0 Å². The molecule has 0 aliphatic carbocycles. The molecule has 0 atom stereocenters. The van der Waals surface area contributed by atoms with E-state index >= 15 is 0 Å². The second-order valence-corrected chi connectivity index (χ2v) is 2.96. The van der Waals surface area contributed by atoms with Crippen LogP contribution in [-0.4, -0.2) is 27.7 Å². The van der Waals surface area contributed by atoms with Gasteiger partial charge in [0.25, 0.3) is 6.01 Å². The van der Waals surface area contributed by atoms with Crippen LogP contribution in [0.15, 0.2) is 21.6 Å². The zero-order valence-corrected chi connectivity index (χ0v) is 9.04. The van der Waals surface area contributed by atoms with Gasteiger partial charge >= 0.3 is 5.97 Å². The summed E-state index contributed by atoms with van der Waals surface area (Å²) in [6, 6.07) is 0.192. The second-order valence-electron chi connectivity index (χ2n) is 2.96. The first-order chi connectivity index (χ1) is 8.29. The van der Waals surface area contributed by atoms with E-state index in [1.807, 2.05) is 0 Å². The highest BCUT2D eigenvalue weighted by molar-refractivity contribution is 5.87. The molecule has 0 aliphatic heterocycles. The summed E-state index contributed by atoms with van der Waals surface area (Å²) in [6.45, 7) is 2.30. The van der Waals surface area contributed by atoms with E-state index in [-0.39, 0.29) is 18.3 Å². The number of aromatic nitrogens is 3. The van der Waals surface area contributed by atoms with Gasteiger partial charge in [-0.15, -0.1) is 0 Å². The molecule has 90 valence electrons. The third-order valence-corrected chi connectivity index (χ3v) is 1.79. The van der Waals surface area contributed by atoms with Crippen LogP contribution < -0.4 is 5.32 Å². The molecule has 2 heterocycles. The van der Waals surface area contributed by atoms with Crippen molar-refractivity contribution in [2.75, 3.05) is 11.9 Å². The van der Waals surface area contributed by atoms with Crippen molar-refractivity contribution in [1.29, 1.82) is 0 Å². The number of hydrogen-bond donors (Lipinski definition) is 1. The van der Waals surface area contributed by atoms with E-state index in [1.54, 1.807) is 6.92 Å². The van der Waals surface area contributed by atoms with E-state index in [9.17, 15) is 4.79 Å². The lowest BCUT2D eigenvalue weighted by Crippen LogP contribution is -2.06. The molecule has 8 nitrogen and oxygen atoms in total. The Balaban J connectivity index is 1.92. The molecule has 0 spiro atoms. The monoisotopic (exact) mass is 238 g/mol. The van der Waals surface area contributed by atoms with Crippen LogP contribution in [0.25, 0.3) is 0 Å². The molecule has 0 aliphatic rings. The van der Waals surface area contributed by atoms with Gasteiger partial charge in [-0.3, -0.25) is 0 Å². The van der Waals surface area contributed by atoms with Gasteiger partial charge in [0, 0.05) is 0 Å². The van der Waals surface area contributed by atoms with Gasteiger partial charge in [-0.2, -0.15) is 9.97 Å². The van der Waals surface area contributed by atoms with Gasteiger partial charge in [-0.1, -0.05) is 5.16 Å². The minimum absolute atomic E-state index is 0.113. The zero-order chi connectivity index (χ0) is 12.1. The quantitative estimate of drug-likeness (QED) is 0.764. The lowest BCUT2D eigenvalue weighted by molar-refractivity contribution is 0.0519. The van der Waals surface area contributed by atoms with E-state index < -0.39 is 5.97 Å². The van der Waals surface area contributed by atoms with Crippen molar-refractivity contribution < 1.29 is 18.5 Å². The van der Waals surface area contributed by atoms with Gasteiger partial charge < -0.3 is 19.0 Å². The summed E-state index contributed by atoms with van der Waals surface area (Å²) in [4.78, 5) is 19.0. The predicted molar refractivity (Wildman–Crippen MR) is 54.1 cm³/mol. The number of esters is 1. The van der Waals surface area contributed by atoms with Crippen LogP contribution in [0, 0.1) is 0 Å². The zero-order valence-electron chi connectivity index (χ0n) is 9.04. The molecule has 2 aromatic rings. The fourth-order valence-electron chi connectivity index (χ4n) is 1.08. The maximum Gasteiger partial charge on any atom is 0.360 e. The third-order valence-electron chi connectivity index (χ3n) is 1.79. The molecule has 0 fully saturated rings. The average molecular weight is 238 g/mol. The molecule has 2 rings (SSSR count). The molecule has 0 radical (unpaired) electrons. The number of nitrogens with zero attached hydrogens (tertiary/aromatic N) is 3. The highest BCUT2D eigenvalue weighted by Crippen LogP contribution is 2.09. The number of carbonyl (C=O) groups is 1. The summed E-state index contributed by atoms with van der Waals surface area (Å²) in [5.74, 6) is -0.0651. The fraction of sp³-hybridized carbons (Fsp3) is 0.333. The SMILES string of the molecule is CCOC(=O)c1coc(NCc2ncon2)n1. The van der Waals surface area contributed by atoms with Gasteiger partial charge in [-0.05, 0) is 6.92 Å². The highest BCUT2D eigenvalue weighted by Gasteiger charge is 2.13. The van der Waals surface area contributed by atoms with E-state index in [1.165, 1.54) is 12.7 Å². The van der Waals surface area contributed by atoms with E-state index in [2.05, 4.69) is 25.0 Å². The van der Waals surface area contributed by atoms with E-state index in [0.717, 1.165) is 0 Å². The number of oxazole rings is 1. The van der Waals surface area contributed by atoms with Crippen molar-refractivity contribution in [2.45, 2.75) is 13.5 Å². The summed E-state index contributed by atoms with van der Waals surface area (Å²) in [5.41, 5.74) is 0.113. The Bertz CT molecular complexity index is 479. The lowest BCUT2D eigenvalue weighted by atomic mass is 10.5. The maximum atomic E-state index is 11.3. The number of hydrogen-bond acceptors (Lipinski definition) is 8. The predicted octanol–water partition coefficient (Wildman–Crippen LogP) is 0.846. The second kappa shape index (κ2) is 5.10. The van der Waals surface area contributed by atoms with Crippen LogP contribution in [0.1, 0.15) is 23.2 Å². The van der Waals surface area contributed by atoms with Gasteiger partial charge in [0.15, 0.2) is 11.5 Å². The highest BCUT2D eigenvalue weighted by atomic mass is 16.5. The average Bonchev–Trinajstić information content (AvgIpc) is 2.98. The van der Waals surface area contributed by atoms with Gasteiger partial charge in [0.1, 0.15) is 6.26 Å². The largest absolute Gasteiger partial charge is 0.461 e. The molecule has 0 saturated heterocycles. The Morgan fingerprint density at radius 1 is 1.59 bits per heavy atom. The number of rotatable bonds is 5. The first-order valence-electron chi connectivity index (χ1n) is 4.91. The number of ether oxygens (including phenoxy) is 1. The smallest absolute Gasteiger partial charge is 0.360 e. The van der Waals surface area contributed by atoms with Gasteiger partial charge in [0.05, 0.1) is 13.2 Å². The van der Waals surface area contributed by atoms with Gasteiger partial charge in [0.2, 0.25) is 6.39 Å². The minimum Gasteiger partial charge on any atom is -0.461 e. The molecule has 0 amide bonds. The molecule has 8 heteroatoms. The van der Waals surface area contributed by atoms with Crippen molar-refractivity contribution in [2.24, 2.45) is 0 Å². The van der Waals surface area contributed by atoms with Crippen LogP contribution in [0.4, 0.5) is 6.01 Å². The topological polar surface area (TPSA) is 103 Å². The van der Waals surface area contributed by atoms with Crippen LogP contribution in [0.3, 0.4) is 0 Å². The first kappa shape index (κ1) is 11.1. The Morgan fingerprint density at radius 2 is 2.47 bits per heavy atom. The van der Waals surface area contributed by atoms with Crippen LogP contribution in [0.2, 0.25) is 0 Å². The maximum absolute atomic E-state index is 11.3. The molecule has 0 aromatic carbocycles. The summed E-state index contributed by atoms with van der Waals surface area (Å²) >= 11 is 0. The van der Waals surface area contributed by atoms with E-state index in [4.69, 9.17) is 9.15 Å². The summed E-state index contributed by atoms with van der Waals surface area (Å²) in [6.07, 6.45) is 2.44. The lowest BCUT2D eigenvalue weighted by Gasteiger charge is -1.96. The van der Waals surface area contributed by atoms with Crippen LogP contribution in [-0.2, 0) is 11.3 Å². The Labute approximate surface area is 96.0 Å². The van der Waals surface area contributed by atoms with Crippen molar-refractivity contribution >= 4 is 12.0 Å². The number of nitrogens with one attached hydrogen (secondary N) is 1. The summed E-state index contributed by atoms with van der Waals surface area (Å²) in [7, 11) is 0. The molecule has 0 unspecified atom stereocenters.